The number of rotatable bonds is 1. The van der Waals surface area contributed by atoms with E-state index in [1.807, 2.05) is 20.0 Å². The van der Waals surface area contributed by atoms with E-state index in [2.05, 4.69) is 49.8 Å². The number of nitrogens with one attached hydrogen (secondary N) is 2. The van der Waals surface area contributed by atoms with Crippen molar-refractivity contribution in [1.82, 2.24) is 14.9 Å². The fraction of sp³-hybridized carbons (Fsp3) is 0.571. The molecule has 5 heteroatoms. The second kappa shape index (κ2) is 6.80. The first kappa shape index (κ1) is 19.1. The third-order valence-electron chi connectivity index (χ3n) is 5.87. The van der Waals surface area contributed by atoms with Crippen LogP contribution in [0, 0.1) is 6.92 Å². The first-order valence-electron chi connectivity index (χ1n) is 9.72. The van der Waals surface area contributed by atoms with Crippen LogP contribution >= 0.6 is 11.6 Å². The van der Waals surface area contributed by atoms with Crippen molar-refractivity contribution < 1.29 is 0 Å². The van der Waals surface area contributed by atoms with Crippen molar-refractivity contribution in [2.24, 2.45) is 0 Å². The monoisotopic (exact) mass is 374 g/mol. The van der Waals surface area contributed by atoms with Gasteiger partial charge in [0.2, 0.25) is 0 Å². The predicted molar refractivity (Wildman–Crippen MR) is 111 cm³/mol. The molecule has 1 aliphatic carbocycles. The number of imidazole rings is 1. The lowest BCUT2D eigenvalue weighted by molar-refractivity contribution is 0.483. The number of halogens is 1. The van der Waals surface area contributed by atoms with E-state index in [1.54, 1.807) is 0 Å². The van der Waals surface area contributed by atoms with Gasteiger partial charge >= 0.3 is 0 Å². The normalized spacial score (nSPS) is 25.7. The van der Waals surface area contributed by atoms with Gasteiger partial charge in [-0.15, -0.1) is 0 Å². The maximum Gasteiger partial charge on any atom is 0.135 e. The Kier molecular flexibility index (Phi) is 5.00. The van der Waals surface area contributed by atoms with Crippen LogP contribution in [0.2, 0.25) is 0 Å². The quantitative estimate of drug-likeness (QED) is 0.666. The van der Waals surface area contributed by atoms with Crippen LogP contribution in [0.3, 0.4) is 0 Å². The number of hydrogen-bond acceptors (Lipinski definition) is 3. The molecule has 3 aliphatic rings. The molecular formula is C21H31ClN4. The number of dihydropyridines is 1. The second-order valence-corrected chi connectivity index (χ2v) is 7.93. The number of aryl methyl sites for hydroxylation is 1. The highest BCUT2D eigenvalue weighted by molar-refractivity contribution is 6.31. The molecule has 26 heavy (non-hydrogen) atoms. The Morgan fingerprint density at radius 2 is 2.00 bits per heavy atom. The third-order valence-corrected chi connectivity index (χ3v) is 6.36. The zero-order chi connectivity index (χ0) is 19.2. The molecule has 0 saturated carbocycles. The van der Waals surface area contributed by atoms with E-state index < -0.39 is 0 Å². The lowest BCUT2D eigenvalue weighted by atomic mass is 9.67. The number of anilines is 1. The lowest BCUT2D eigenvalue weighted by Crippen LogP contribution is -2.47. The Morgan fingerprint density at radius 1 is 1.31 bits per heavy atom. The number of allylic oxidation sites excluding steroid dienone is 4. The van der Waals surface area contributed by atoms with Crippen LogP contribution in [0.25, 0.3) is 5.70 Å². The number of nitrogens with zero attached hydrogens (tertiary/aromatic N) is 2. The molecule has 2 aliphatic heterocycles. The summed E-state index contributed by atoms with van der Waals surface area (Å²) in [6.45, 7) is 14.8. The number of hydrogen-bond donors (Lipinski definition) is 2. The molecular weight excluding hydrogens is 344 g/mol. The van der Waals surface area contributed by atoms with Crippen LogP contribution in [0.4, 0.5) is 5.82 Å². The topological polar surface area (TPSA) is 41.9 Å². The van der Waals surface area contributed by atoms with Gasteiger partial charge in [0, 0.05) is 17.6 Å². The first-order valence-corrected chi connectivity index (χ1v) is 10.1. The van der Waals surface area contributed by atoms with E-state index in [9.17, 15) is 0 Å². The standard InChI is InChI=1S/C19H25ClN4.C2H6/c1-10(2)11(3)24-12(4)22-17-18(24)23-14-8-6-7-13-16(14)19(17,5)15(20)9-21-13;1-2/h9,14,21,23H,6-8H2,1-5H3;1-2H3. The fourth-order valence-corrected chi connectivity index (χ4v) is 4.64. The van der Waals surface area contributed by atoms with Gasteiger partial charge in [-0.3, -0.25) is 4.57 Å². The van der Waals surface area contributed by atoms with E-state index in [0.29, 0.717) is 6.04 Å². The molecule has 2 unspecified atom stereocenters. The Balaban J connectivity index is 0.000000948. The molecule has 0 radical (unpaired) electrons. The molecule has 142 valence electrons. The minimum Gasteiger partial charge on any atom is -0.364 e. The molecule has 3 heterocycles. The molecule has 0 spiro atoms. The largest absolute Gasteiger partial charge is 0.364 e. The molecule has 0 aromatic carbocycles. The molecule has 0 bridgehead atoms. The molecule has 0 amide bonds. The van der Waals surface area contributed by atoms with Gasteiger partial charge in [-0.05, 0) is 59.5 Å². The van der Waals surface area contributed by atoms with Gasteiger partial charge in [0.1, 0.15) is 11.6 Å². The SMILES string of the molecule is CC.CC(C)=C(C)n1c(C)nc2c1NC1CCCC3=C1C2(C)C(Cl)=CN3. The maximum atomic E-state index is 6.75. The van der Waals surface area contributed by atoms with E-state index in [-0.39, 0.29) is 5.41 Å². The van der Waals surface area contributed by atoms with Crippen LogP contribution in [0.5, 0.6) is 0 Å². The lowest BCUT2D eigenvalue weighted by Gasteiger charge is -2.46. The molecule has 4 nitrogen and oxygen atoms in total. The molecule has 0 saturated heterocycles. The summed E-state index contributed by atoms with van der Waals surface area (Å²) in [4.78, 5) is 4.97. The van der Waals surface area contributed by atoms with Crippen molar-refractivity contribution in [3.63, 3.8) is 0 Å². The van der Waals surface area contributed by atoms with Crippen LogP contribution < -0.4 is 10.6 Å². The first-order chi connectivity index (χ1) is 12.4. The molecule has 1 aromatic rings. The molecule has 2 atom stereocenters. The van der Waals surface area contributed by atoms with Gasteiger partial charge < -0.3 is 10.6 Å². The Bertz CT molecular complexity index is 823. The average Bonchev–Trinajstić information content (AvgIpc) is 2.96. The Hall–Kier alpha value is -1.68. The van der Waals surface area contributed by atoms with Gasteiger partial charge in [-0.2, -0.15) is 0 Å². The molecule has 2 N–H and O–H groups in total. The summed E-state index contributed by atoms with van der Waals surface area (Å²) >= 11 is 6.75. The summed E-state index contributed by atoms with van der Waals surface area (Å²) in [5, 5.41) is 8.03. The highest BCUT2D eigenvalue weighted by Gasteiger charge is 2.50. The zero-order valence-corrected chi connectivity index (χ0v) is 17.8. The minimum atomic E-state index is -0.328. The van der Waals surface area contributed by atoms with E-state index in [1.165, 1.54) is 29.0 Å². The maximum absolute atomic E-state index is 6.75. The summed E-state index contributed by atoms with van der Waals surface area (Å²) in [6.07, 6.45) is 5.37. The minimum absolute atomic E-state index is 0.320. The van der Waals surface area contributed by atoms with E-state index in [0.717, 1.165) is 35.2 Å². The van der Waals surface area contributed by atoms with E-state index >= 15 is 0 Å². The van der Waals surface area contributed by atoms with Crippen LogP contribution in [-0.4, -0.2) is 15.6 Å². The van der Waals surface area contributed by atoms with Crippen molar-refractivity contribution in [2.45, 2.75) is 79.2 Å². The fourth-order valence-electron chi connectivity index (χ4n) is 4.39. The van der Waals surface area contributed by atoms with Crippen LogP contribution in [-0.2, 0) is 5.41 Å². The van der Waals surface area contributed by atoms with Crippen LogP contribution in [0.15, 0.2) is 28.1 Å². The van der Waals surface area contributed by atoms with Crippen LogP contribution in [0.1, 0.15) is 72.3 Å². The summed E-state index contributed by atoms with van der Waals surface area (Å²) in [6, 6.07) is 0.320. The summed E-state index contributed by atoms with van der Waals surface area (Å²) in [5.74, 6) is 2.12. The van der Waals surface area contributed by atoms with Gasteiger partial charge in [0.25, 0.3) is 0 Å². The summed E-state index contributed by atoms with van der Waals surface area (Å²) in [5.41, 5.74) is 5.95. The van der Waals surface area contributed by atoms with E-state index in [4.69, 9.17) is 16.6 Å². The van der Waals surface area contributed by atoms with Gasteiger partial charge in [0.05, 0.1) is 22.2 Å². The smallest absolute Gasteiger partial charge is 0.135 e. The van der Waals surface area contributed by atoms with Crippen molar-refractivity contribution in [3.8, 4) is 0 Å². The number of aromatic nitrogens is 2. The van der Waals surface area contributed by atoms with Gasteiger partial charge in [-0.25, -0.2) is 4.98 Å². The zero-order valence-electron chi connectivity index (χ0n) is 17.0. The number of fused-ring (bicyclic) bond motifs is 2. The van der Waals surface area contributed by atoms with Crippen molar-refractivity contribution in [2.75, 3.05) is 5.32 Å². The van der Waals surface area contributed by atoms with Crippen molar-refractivity contribution in [1.29, 1.82) is 0 Å². The summed E-state index contributed by atoms with van der Waals surface area (Å²) in [7, 11) is 0. The Morgan fingerprint density at radius 3 is 2.65 bits per heavy atom. The summed E-state index contributed by atoms with van der Waals surface area (Å²) < 4.78 is 2.26. The predicted octanol–water partition coefficient (Wildman–Crippen LogP) is 5.66. The Labute approximate surface area is 162 Å². The van der Waals surface area contributed by atoms with Gasteiger partial charge in [-0.1, -0.05) is 31.0 Å². The highest BCUT2D eigenvalue weighted by Crippen LogP contribution is 2.53. The third kappa shape index (κ3) is 2.53. The second-order valence-electron chi connectivity index (χ2n) is 7.52. The van der Waals surface area contributed by atoms with Crippen molar-refractivity contribution >= 4 is 23.1 Å². The van der Waals surface area contributed by atoms with Gasteiger partial charge in [0.15, 0.2) is 0 Å². The van der Waals surface area contributed by atoms with Crippen molar-refractivity contribution in [3.05, 3.63) is 39.6 Å². The average molecular weight is 375 g/mol. The molecule has 0 fully saturated rings. The molecule has 1 aromatic heterocycles. The highest BCUT2D eigenvalue weighted by atomic mass is 35.5. The molecule has 4 rings (SSSR count).